The van der Waals surface area contributed by atoms with Crippen LogP contribution in [0, 0.1) is 0 Å². The Balaban J connectivity index is 1.41. The minimum absolute atomic E-state index is 0.00531. The molecular weight excluding hydrogens is 366 g/mol. The fourth-order valence-electron chi connectivity index (χ4n) is 3.22. The molecule has 0 atom stereocenters. The van der Waals surface area contributed by atoms with Gasteiger partial charge in [-0.05, 0) is 30.2 Å². The van der Waals surface area contributed by atoms with Gasteiger partial charge in [-0.3, -0.25) is 9.78 Å². The van der Waals surface area contributed by atoms with Gasteiger partial charge in [0.1, 0.15) is 6.61 Å². The molecule has 0 spiro atoms. The average molecular weight is 389 g/mol. The Bertz CT molecular complexity index is 1120. The molecule has 3 heterocycles. The Hall–Kier alpha value is -3.25. The smallest absolute Gasteiger partial charge is 0.213 e. The number of pyridine rings is 2. The summed E-state index contributed by atoms with van der Waals surface area (Å²) < 4.78 is 10.8. The number of benzene rings is 1. The monoisotopic (exact) mass is 389 g/mol. The zero-order chi connectivity index (χ0) is 20.1. The van der Waals surface area contributed by atoms with Crippen molar-refractivity contribution in [3.8, 4) is 17.0 Å². The van der Waals surface area contributed by atoms with E-state index in [1.54, 1.807) is 18.5 Å². The van der Waals surface area contributed by atoms with E-state index in [9.17, 15) is 4.79 Å². The van der Waals surface area contributed by atoms with Crippen molar-refractivity contribution in [3.63, 3.8) is 0 Å². The summed E-state index contributed by atoms with van der Waals surface area (Å²) >= 11 is 0. The highest BCUT2D eigenvalue weighted by Gasteiger charge is 2.08. The van der Waals surface area contributed by atoms with E-state index < -0.39 is 0 Å². The van der Waals surface area contributed by atoms with E-state index >= 15 is 0 Å². The van der Waals surface area contributed by atoms with Crippen LogP contribution >= 0.6 is 0 Å². The van der Waals surface area contributed by atoms with E-state index in [1.807, 2.05) is 25.3 Å². The zero-order valence-corrected chi connectivity index (χ0v) is 16.4. The van der Waals surface area contributed by atoms with E-state index in [4.69, 9.17) is 9.47 Å². The van der Waals surface area contributed by atoms with Crippen LogP contribution in [-0.2, 0) is 9.53 Å². The lowest BCUT2D eigenvalue weighted by atomic mass is 10.1. The Morgan fingerprint density at radius 2 is 1.90 bits per heavy atom. The molecule has 4 aromatic rings. The lowest BCUT2D eigenvalue weighted by Crippen LogP contribution is -2.14. The molecule has 0 fully saturated rings. The van der Waals surface area contributed by atoms with E-state index in [0.717, 1.165) is 39.4 Å². The van der Waals surface area contributed by atoms with Gasteiger partial charge in [-0.25, -0.2) is 4.98 Å². The van der Waals surface area contributed by atoms with Crippen molar-refractivity contribution in [3.05, 3.63) is 55.0 Å². The number of ketones is 1. The molecule has 0 aliphatic heterocycles. The normalized spacial score (nSPS) is 11.2. The summed E-state index contributed by atoms with van der Waals surface area (Å²) in [5.41, 5.74) is 4.16. The number of H-pyrrole nitrogens is 1. The quantitative estimate of drug-likeness (QED) is 0.425. The van der Waals surface area contributed by atoms with Crippen LogP contribution in [0.5, 0.6) is 5.88 Å². The van der Waals surface area contributed by atoms with Gasteiger partial charge in [0.15, 0.2) is 5.78 Å². The number of hydrogen-bond acceptors (Lipinski definition) is 5. The standard InChI is InChI=1S/C23H23N3O3/c1-2-10-28-11-8-18(27)15-29-23-6-4-17(13-25-23)16-3-5-19-20-14-24-9-7-21(20)26-22(19)12-16/h3-7,9,12-14,26H,2,8,10-11,15H2,1H3. The Kier molecular flexibility index (Phi) is 5.81. The number of nitrogens with zero attached hydrogens (tertiary/aromatic N) is 2. The van der Waals surface area contributed by atoms with E-state index in [0.29, 0.717) is 25.5 Å². The topological polar surface area (TPSA) is 77.1 Å². The van der Waals surface area contributed by atoms with Crippen LogP contribution < -0.4 is 4.74 Å². The summed E-state index contributed by atoms with van der Waals surface area (Å²) in [4.78, 5) is 23.8. The molecule has 6 heteroatoms. The SMILES string of the molecule is CCCOCCC(=O)COc1ccc(-c2ccc3c(c2)[nH]c2ccncc23)cn1. The van der Waals surface area contributed by atoms with Gasteiger partial charge in [-0.15, -0.1) is 0 Å². The number of Topliss-reactive ketones (excluding diaryl/α,β-unsaturated/α-hetero) is 1. The second kappa shape index (κ2) is 8.84. The summed E-state index contributed by atoms with van der Waals surface area (Å²) in [5.74, 6) is 0.445. The third-order valence-corrected chi connectivity index (χ3v) is 4.72. The largest absolute Gasteiger partial charge is 0.470 e. The van der Waals surface area contributed by atoms with Gasteiger partial charge in [0.25, 0.3) is 0 Å². The molecule has 1 aromatic carbocycles. The maximum Gasteiger partial charge on any atom is 0.213 e. The first kappa shape index (κ1) is 19.1. The first-order chi connectivity index (χ1) is 14.2. The number of nitrogens with one attached hydrogen (secondary N) is 1. The Morgan fingerprint density at radius 3 is 2.72 bits per heavy atom. The minimum Gasteiger partial charge on any atom is -0.470 e. The molecule has 0 aliphatic carbocycles. The van der Waals surface area contributed by atoms with Gasteiger partial charge in [-0.2, -0.15) is 0 Å². The molecule has 0 bridgehead atoms. The molecule has 0 unspecified atom stereocenters. The van der Waals surface area contributed by atoms with E-state index in [-0.39, 0.29) is 12.4 Å². The molecule has 0 radical (unpaired) electrons. The molecule has 6 nitrogen and oxygen atoms in total. The summed E-state index contributed by atoms with van der Waals surface area (Å²) in [5, 5.41) is 2.26. The van der Waals surface area contributed by atoms with Crippen LogP contribution in [0.1, 0.15) is 19.8 Å². The van der Waals surface area contributed by atoms with E-state index in [1.165, 1.54) is 0 Å². The van der Waals surface area contributed by atoms with Crippen molar-refractivity contribution < 1.29 is 14.3 Å². The lowest BCUT2D eigenvalue weighted by Gasteiger charge is -2.07. The molecular formula is C23H23N3O3. The van der Waals surface area contributed by atoms with Crippen LogP contribution in [0.4, 0.5) is 0 Å². The van der Waals surface area contributed by atoms with Crippen LogP contribution in [0.3, 0.4) is 0 Å². The van der Waals surface area contributed by atoms with Crippen molar-refractivity contribution in [2.24, 2.45) is 0 Å². The number of fused-ring (bicyclic) bond motifs is 3. The van der Waals surface area contributed by atoms with E-state index in [2.05, 4.69) is 33.2 Å². The molecule has 29 heavy (non-hydrogen) atoms. The number of carbonyl (C=O) groups excluding carboxylic acids is 1. The van der Waals surface area contributed by atoms with Gasteiger partial charge in [0.2, 0.25) is 5.88 Å². The Labute approximate surface area is 168 Å². The second-order valence-corrected chi connectivity index (χ2v) is 6.88. The number of carbonyl (C=O) groups is 1. The first-order valence-corrected chi connectivity index (χ1v) is 9.78. The van der Waals surface area contributed by atoms with Gasteiger partial charge in [0.05, 0.1) is 6.61 Å². The summed E-state index contributed by atoms with van der Waals surface area (Å²) in [6, 6.07) is 12.0. The average Bonchev–Trinajstić information content (AvgIpc) is 3.13. The number of rotatable bonds is 9. The van der Waals surface area contributed by atoms with Crippen LogP contribution in [0.2, 0.25) is 0 Å². The van der Waals surface area contributed by atoms with Crippen molar-refractivity contribution >= 4 is 27.6 Å². The molecule has 148 valence electrons. The second-order valence-electron chi connectivity index (χ2n) is 6.88. The third kappa shape index (κ3) is 4.43. The van der Waals surface area contributed by atoms with Crippen LogP contribution in [0.25, 0.3) is 32.9 Å². The summed E-state index contributed by atoms with van der Waals surface area (Å²) in [7, 11) is 0. The highest BCUT2D eigenvalue weighted by Crippen LogP contribution is 2.29. The number of aromatic nitrogens is 3. The van der Waals surface area contributed by atoms with Crippen LogP contribution in [0.15, 0.2) is 55.0 Å². The van der Waals surface area contributed by atoms with Gasteiger partial charge in [0, 0.05) is 65.1 Å². The molecule has 1 N–H and O–H groups in total. The van der Waals surface area contributed by atoms with Crippen LogP contribution in [-0.4, -0.2) is 40.6 Å². The summed E-state index contributed by atoms with van der Waals surface area (Å²) in [6.45, 7) is 3.17. The molecule has 0 amide bonds. The molecule has 0 saturated carbocycles. The van der Waals surface area contributed by atoms with Crippen molar-refractivity contribution in [1.29, 1.82) is 0 Å². The predicted molar refractivity (Wildman–Crippen MR) is 113 cm³/mol. The lowest BCUT2D eigenvalue weighted by molar-refractivity contribution is -0.122. The fourth-order valence-corrected chi connectivity index (χ4v) is 3.22. The molecule has 0 saturated heterocycles. The van der Waals surface area contributed by atoms with Crippen molar-refractivity contribution in [2.45, 2.75) is 19.8 Å². The zero-order valence-electron chi connectivity index (χ0n) is 16.4. The van der Waals surface area contributed by atoms with Gasteiger partial charge >= 0.3 is 0 Å². The number of ether oxygens (including phenoxy) is 2. The minimum atomic E-state index is 0.00531. The fraction of sp³-hybridized carbons (Fsp3) is 0.261. The maximum atomic E-state index is 11.8. The molecule has 0 aliphatic rings. The first-order valence-electron chi connectivity index (χ1n) is 9.78. The Morgan fingerprint density at radius 1 is 1.00 bits per heavy atom. The highest BCUT2D eigenvalue weighted by atomic mass is 16.5. The number of hydrogen-bond donors (Lipinski definition) is 1. The van der Waals surface area contributed by atoms with Crippen molar-refractivity contribution in [1.82, 2.24) is 15.0 Å². The highest BCUT2D eigenvalue weighted by molar-refractivity contribution is 6.07. The molecule has 3 aromatic heterocycles. The van der Waals surface area contributed by atoms with Gasteiger partial charge < -0.3 is 14.5 Å². The molecule has 4 rings (SSSR count). The summed E-state index contributed by atoms with van der Waals surface area (Å²) in [6.07, 6.45) is 6.72. The predicted octanol–water partition coefficient (Wildman–Crippen LogP) is 4.54. The number of aromatic amines is 1. The third-order valence-electron chi connectivity index (χ3n) is 4.72. The van der Waals surface area contributed by atoms with Crippen molar-refractivity contribution in [2.75, 3.05) is 19.8 Å². The van der Waals surface area contributed by atoms with Gasteiger partial charge in [-0.1, -0.05) is 19.1 Å². The maximum absolute atomic E-state index is 11.8.